The van der Waals surface area contributed by atoms with Crippen molar-refractivity contribution in [3.63, 3.8) is 0 Å². The van der Waals surface area contributed by atoms with Gasteiger partial charge in [-0.1, -0.05) is 27.2 Å². The minimum Gasteiger partial charge on any atom is -0.478 e. The first-order valence-corrected chi connectivity index (χ1v) is 6.80. The highest BCUT2D eigenvalue weighted by Gasteiger charge is 2.26. The zero-order valence-corrected chi connectivity index (χ0v) is 11.4. The fourth-order valence-corrected chi connectivity index (χ4v) is 2.72. The monoisotopic (exact) mass is 247 g/mol. The standard InChI is InChI=1S/C15H21NO2/c1-4-5-13-12(15(17)18)8-11-7-6-9(2)10(3)14(11)16-13/h8-10H,4-7H2,1-3H3,(H,17,18). The number of pyridine rings is 1. The first kappa shape index (κ1) is 13.1. The number of carbonyl (C=O) groups is 1. The van der Waals surface area contributed by atoms with E-state index < -0.39 is 5.97 Å². The van der Waals surface area contributed by atoms with Crippen molar-refractivity contribution in [2.45, 2.75) is 52.4 Å². The number of nitrogens with zero attached hydrogens (tertiary/aromatic N) is 1. The summed E-state index contributed by atoms with van der Waals surface area (Å²) in [6.45, 7) is 6.50. The van der Waals surface area contributed by atoms with Crippen LogP contribution >= 0.6 is 0 Å². The summed E-state index contributed by atoms with van der Waals surface area (Å²) in [5.74, 6) is 0.224. The highest BCUT2D eigenvalue weighted by atomic mass is 16.4. The third-order valence-corrected chi connectivity index (χ3v) is 4.08. The molecule has 0 bridgehead atoms. The largest absolute Gasteiger partial charge is 0.478 e. The van der Waals surface area contributed by atoms with Crippen molar-refractivity contribution in [1.82, 2.24) is 4.98 Å². The summed E-state index contributed by atoms with van der Waals surface area (Å²) in [6.07, 6.45) is 3.76. The smallest absolute Gasteiger partial charge is 0.337 e. The van der Waals surface area contributed by atoms with E-state index in [1.165, 1.54) is 0 Å². The molecule has 0 amide bonds. The molecular weight excluding hydrogens is 226 g/mol. The molecule has 0 saturated carbocycles. The third-order valence-electron chi connectivity index (χ3n) is 4.08. The normalized spacial score (nSPS) is 22.6. The molecule has 2 atom stereocenters. The van der Waals surface area contributed by atoms with E-state index >= 15 is 0 Å². The second-order valence-electron chi connectivity index (χ2n) is 5.39. The molecule has 98 valence electrons. The van der Waals surface area contributed by atoms with Crippen molar-refractivity contribution in [1.29, 1.82) is 0 Å². The Morgan fingerprint density at radius 2 is 2.22 bits per heavy atom. The van der Waals surface area contributed by atoms with E-state index in [1.54, 1.807) is 0 Å². The molecular formula is C15H21NO2. The molecule has 0 aliphatic heterocycles. The van der Waals surface area contributed by atoms with Crippen molar-refractivity contribution in [2.24, 2.45) is 5.92 Å². The van der Waals surface area contributed by atoms with Crippen LogP contribution in [0.5, 0.6) is 0 Å². The van der Waals surface area contributed by atoms with Crippen LogP contribution in [0, 0.1) is 5.92 Å². The predicted octanol–water partition coefficient (Wildman–Crippen LogP) is 3.42. The third kappa shape index (κ3) is 2.26. The maximum atomic E-state index is 11.3. The first-order chi connectivity index (χ1) is 8.54. The minimum absolute atomic E-state index is 0.400. The maximum Gasteiger partial charge on any atom is 0.337 e. The second-order valence-corrected chi connectivity index (χ2v) is 5.39. The van der Waals surface area contributed by atoms with Crippen LogP contribution in [-0.2, 0) is 12.8 Å². The number of hydrogen-bond donors (Lipinski definition) is 1. The van der Waals surface area contributed by atoms with Crippen LogP contribution in [0.4, 0.5) is 0 Å². The fourth-order valence-electron chi connectivity index (χ4n) is 2.72. The Morgan fingerprint density at radius 3 is 2.83 bits per heavy atom. The average molecular weight is 247 g/mol. The Hall–Kier alpha value is -1.38. The van der Waals surface area contributed by atoms with Crippen molar-refractivity contribution < 1.29 is 9.90 Å². The number of hydrogen-bond acceptors (Lipinski definition) is 2. The number of fused-ring (bicyclic) bond motifs is 1. The molecule has 1 heterocycles. The van der Waals surface area contributed by atoms with Crippen molar-refractivity contribution in [3.05, 3.63) is 28.6 Å². The van der Waals surface area contributed by atoms with Crippen LogP contribution in [-0.4, -0.2) is 16.1 Å². The van der Waals surface area contributed by atoms with Gasteiger partial charge in [0.1, 0.15) is 0 Å². The number of aromatic carboxylic acids is 1. The van der Waals surface area contributed by atoms with E-state index in [1.807, 2.05) is 6.07 Å². The van der Waals surface area contributed by atoms with E-state index in [0.717, 1.165) is 42.6 Å². The Labute approximate surface area is 108 Å². The number of aryl methyl sites for hydroxylation is 2. The Morgan fingerprint density at radius 1 is 1.50 bits per heavy atom. The molecule has 2 rings (SSSR count). The van der Waals surface area contributed by atoms with E-state index in [2.05, 4.69) is 25.8 Å². The van der Waals surface area contributed by atoms with Gasteiger partial charge in [0, 0.05) is 11.6 Å². The molecule has 3 nitrogen and oxygen atoms in total. The van der Waals surface area contributed by atoms with E-state index in [0.29, 0.717) is 17.4 Å². The van der Waals surface area contributed by atoms with E-state index in [-0.39, 0.29) is 0 Å². The van der Waals surface area contributed by atoms with Gasteiger partial charge in [-0.05, 0) is 36.8 Å². The molecule has 0 spiro atoms. The van der Waals surface area contributed by atoms with Crippen LogP contribution in [0.1, 0.15) is 66.8 Å². The van der Waals surface area contributed by atoms with Gasteiger partial charge in [-0.25, -0.2) is 4.79 Å². The van der Waals surface area contributed by atoms with Crippen LogP contribution < -0.4 is 0 Å². The molecule has 0 fully saturated rings. The van der Waals surface area contributed by atoms with Gasteiger partial charge >= 0.3 is 5.97 Å². The van der Waals surface area contributed by atoms with Crippen LogP contribution in [0.15, 0.2) is 6.07 Å². The van der Waals surface area contributed by atoms with Gasteiger partial charge in [0.15, 0.2) is 0 Å². The zero-order valence-electron chi connectivity index (χ0n) is 11.4. The molecule has 3 heteroatoms. The summed E-state index contributed by atoms with van der Waals surface area (Å²) in [4.78, 5) is 16.0. The lowest BCUT2D eigenvalue weighted by Crippen LogP contribution is -2.20. The number of aromatic nitrogens is 1. The summed E-state index contributed by atoms with van der Waals surface area (Å²) in [5, 5.41) is 9.27. The molecule has 1 aliphatic carbocycles. The molecule has 2 unspecified atom stereocenters. The van der Waals surface area contributed by atoms with E-state index in [9.17, 15) is 9.90 Å². The van der Waals surface area contributed by atoms with Crippen LogP contribution in [0.2, 0.25) is 0 Å². The molecule has 1 aliphatic rings. The summed E-state index contributed by atoms with van der Waals surface area (Å²) in [5.41, 5.74) is 3.42. The minimum atomic E-state index is -0.847. The molecule has 1 aromatic rings. The highest BCUT2D eigenvalue weighted by molar-refractivity contribution is 5.89. The highest BCUT2D eigenvalue weighted by Crippen LogP contribution is 2.35. The van der Waals surface area contributed by atoms with Crippen LogP contribution in [0.25, 0.3) is 0 Å². The summed E-state index contributed by atoms with van der Waals surface area (Å²) in [6, 6.07) is 1.86. The topological polar surface area (TPSA) is 50.2 Å². The SMILES string of the molecule is CCCc1nc2c(cc1C(=O)O)CCC(C)C2C. The molecule has 1 N–H and O–H groups in total. The van der Waals surface area contributed by atoms with Crippen molar-refractivity contribution in [2.75, 3.05) is 0 Å². The van der Waals surface area contributed by atoms with Crippen LogP contribution in [0.3, 0.4) is 0 Å². The first-order valence-electron chi connectivity index (χ1n) is 6.80. The van der Waals surface area contributed by atoms with Gasteiger partial charge in [0.25, 0.3) is 0 Å². The van der Waals surface area contributed by atoms with Gasteiger partial charge in [0.05, 0.1) is 11.3 Å². The molecule has 0 aromatic carbocycles. The molecule has 18 heavy (non-hydrogen) atoms. The number of carboxylic acid groups (broad SMARTS) is 1. The van der Waals surface area contributed by atoms with E-state index in [4.69, 9.17) is 0 Å². The lowest BCUT2D eigenvalue weighted by molar-refractivity contribution is 0.0695. The lowest BCUT2D eigenvalue weighted by atomic mass is 9.79. The number of rotatable bonds is 3. The second kappa shape index (κ2) is 5.09. The molecule has 1 aromatic heterocycles. The molecule has 0 saturated heterocycles. The quantitative estimate of drug-likeness (QED) is 0.890. The summed E-state index contributed by atoms with van der Waals surface area (Å²) < 4.78 is 0. The van der Waals surface area contributed by atoms with Gasteiger partial charge in [-0.2, -0.15) is 0 Å². The average Bonchev–Trinajstić information content (AvgIpc) is 2.34. The Balaban J connectivity index is 2.51. The maximum absolute atomic E-state index is 11.3. The summed E-state index contributed by atoms with van der Waals surface area (Å²) >= 11 is 0. The Kier molecular flexibility index (Phi) is 3.69. The fraction of sp³-hybridized carbons (Fsp3) is 0.600. The van der Waals surface area contributed by atoms with Gasteiger partial charge in [0.2, 0.25) is 0 Å². The van der Waals surface area contributed by atoms with Crippen molar-refractivity contribution in [3.8, 4) is 0 Å². The van der Waals surface area contributed by atoms with Crippen molar-refractivity contribution >= 4 is 5.97 Å². The Bertz CT molecular complexity index is 468. The van der Waals surface area contributed by atoms with Gasteiger partial charge in [-0.3, -0.25) is 4.98 Å². The summed E-state index contributed by atoms with van der Waals surface area (Å²) in [7, 11) is 0. The van der Waals surface area contributed by atoms with Gasteiger partial charge in [-0.15, -0.1) is 0 Å². The number of carboxylic acids is 1. The molecule has 0 radical (unpaired) electrons. The predicted molar refractivity (Wildman–Crippen MR) is 71.1 cm³/mol. The van der Waals surface area contributed by atoms with Gasteiger partial charge < -0.3 is 5.11 Å². The lowest BCUT2D eigenvalue weighted by Gasteiger charge is -2.28. The zero-order chi connectivity index (χ0) is 13.3.